The van der Waals surface area contributed by atoms with Crippen molar-refractivity contribution in [3.63, 3.8) is 0 Å². The predicted molar refractivity (Wildman–Crippen MR) is 114 cm³/mol. The van der Waals surface area contributed by atoms with E-state index in [9.17, 15) is 33.9 Å². The summed E-state index contributed by atoms with van der Waals surface area (Å²) in [5.41, 5.74) is 10.4. The topological polar surface area (TPSA) is 231 Å². The number of hydrogen-bond acceptors (Lipinski definition) is 9. The zero-order valence-electron chi connectivity index (χ0n) is 16.7. The van der Waals surface area contributed by atoms with Gasteiger partial charge in [0.1, 0.15) is 18.1 Å². The zero-order valence-corrected chi connectivity index (χ0v) is 18.4. The first-order valence-corrected chi connectivity index (χ1v) is 10.9. The first-order chi connectivity index (χ1) is 14.4. The van der Waals surface area contributed by atoms with Gasteiger partial charge in [0.2, 0.25) is 23.6 Å². The van der Waals surface area contributed by atoms with Crippen LogP contribution in [0.15, 0.2) is 0 Å². The van der Waals surface area contributed by atoms with E-state index >= 15 is 0 Å². The molecule has 0 radical (unpaired) electrons. The minimum Gasteiger partial charge on any atom is -0.481 e. The standard InChI is InChI=1S/C16H27N5O8S2/c1-31-3-2-8(16(28)29)19-14(26)9(5-12(23)24)20-15(27)10(6-30)21-13(25)7(17)4-11(18)22/h7-10,30H,2-6,17H2,1H3,(H2,18,22)(H,19,26)(H,20,27)(H,21,25)(H,23,24)(H,28,29). The quantitative estimate of drug-likeness (QED) is 0.110. The van der Waals surface area contributed by atoms with Crippen LogP contribution < -0.4 is 27.4 Å². The zero-order chi connectivity index (χ0) is 24.1. The summed E-state index contributed by atoms with van der Waals surface area (Å²) < 4.78 is 0. The number of thiol groups is 1. The van der Waals surface area contributed by atoms with Gasteiger partial charge in [0, 0.05) is 5.75 Å². The Morgan fingerprint density at radius 3 is 1.87 bits per heavy atom. The molecule has 15 heteroatoms. The fourth-order valence-electron chi connectivity index (χ4n) is 2.20. The lowest BCUT2D eigenvalue weighted by molar-refractivity contribution is -0.143. The normalized spacial score (nSPS) is 14.4. The average Bonchev–Trinajstić information content (AvgIpc) is 2.66. The van der Waals surface area contributed by atoms with Crippen LogP contribution in [0.5, 0.6) is 0 Å². The van der Waals surface area contributed by atoms with Gasteiger partial charge in [-0.05, 0) is 18.4 Å². The smallest absolute Gasteiger partial charge is 0.326 e. The number of primary amides is 1. The third kappa shape index (κ3) is 11.4. The fraction of sp³-hybridized carbons (Fsp3) is 0.625. The molecule has 0 aromatic rings. The number of rotatable bonds is 15. The molecule has 4 amide bonds. The Morgan fingerprint density at radius 2 is 1.42 bits per heavy atom. The first kappa shape index (κ1) is 28.5. The number of nitrogens with one attached hydrogen (secondary N) is 3. The molecule has 0 aliphatic carbocycles. The van der Waals surface area contributed by atoms with Crippen molar-refractivity contribution in [2.24, 2.45) is 11.5 Å². The van der Waals surface area contributed by atoms with E-state index < -0.39 is 72.6 Å². The van der Waals surface area contributed by atoms with Crippen molar-refractivity contribution in [2.45, 2.75) is 43.4 Å². The van der Waals surface area contributed by atoms with Gasteiger partial charge in [0.15, 0.2) is 0 Å². The summed E-state index contributed by atoms with van der Waals surface area (Å²) in [6.07, 6.45) is 0.530. The van der Waals surface area contributed by atoms with E-state index in [1.165, 1.54) is 11.8 Å². The number of nitrogens with two attached hydrogens (primary N) is 2. The maximum atomic E-state index is 12.4. The number of thioether (sulfide) groups is 1. The Kier molecular flexibility index (Phi) is 13.3. The van der Waals surface area contributed by atoms with Crippen LogP contribution in [0.2, 0.25) is 0 Å². The Morgan fingerprint density at radius 1 is 0.903 bits per heavy atom. The first-order valence-electron chi connectivity index (χ1n) is 8.92. The monoisotopic (exact) mass is 481 g/mol. The summed E-state index contributed by atoms with van der Waals surface area (Å²) in [7, 11) is 0. The largest absolute Gasteiger partial charge is 0.481 e. The lowest BCUT2D eigenvalue weighted by atomic mass is 10.1. The van der Waals surface area contributed by atoms with Crippen LogP contribution in [-0.2, 0) is 28.8 Å². The van der Waals surface area contributed by atoms with E-state index in [0.29, 0.717) is 5.75 Å². The number of amides is 4. The number of carbonyl (C=O) groups is 6. The second-order valence-electron chi connectivity index (χ2n) is 6.36. The van der Waals surface area contributed by atoms with Crippen molar-refractivity contribution in [1.29, 1.82) is 0 Å². The fourth-order valence-corrected chi connectivity index (χ4v) is 2.93. The van der Waals surface area contributed by atoms with Gasteiger partial charge in [-0.1, -0.05) is 0 Å². The summed E-state index contributed by atoms with van der Waals surface area (Å²) in [6, 6.07) is -5.52. The summed E-state index contributed by atoms with van der Waals surface area (Å²) in [4.78, 5) is 70.1. The number of hydrogen-bond donors (Lipinski definition) is 8. The highest BCUT2D eigenvalue weighted by Gasteiger charge is 2.31. The molecule has 0 aliphatic heterocycles. The van der Waals surface area contributed by atoms with Crippen molar-refractivity contribution >= 4 is 60.0 Å². The second kappa shape index (κ2) is 14.5. The molecule has 4 unspecified atom stereocenters. The van der Waals surface area contributed by atoms with E-state index in [4.69, 9.17) is 16.6 Å². The number of aliphatic carboxylic acids is 2. The van der Waals surface area contributed by atoms with Crippen LogP contribution in [0.1, 0.15) is 19.3 Å². The third-order valence-corrected chi connectivity index (χ3v) is 4.82. The van der Waals surface area contributed by atoms with Crippen LogP contribution >= 0.6 is 24.4 Å². The average molecular weight is 482 g/mol. The lowest BCUT2D eigenvalue weighted by Crippen LogP contribution is -2.58. The van der Waals surface area contributed by atoms with Crippen LogP contribution in [0.25, 0.3) is 0 Å². The predicted octanol–water partition coefficient (Wildman–Crippen LogP) is -3.11. The molecular formula is C16H27N5O8S2. The van der Waals surface area contributed by atoms with Gasteiger partial charge < -0.3 is 37.6 Å². The van der Waals surface area contributed by atoms with Gasteiger partial charge in [0.05, 0.1) is 18.9 Å². The molecule has 13 nitrogen and oxygen atoms in total. The van der Waals surface area contributed by atoms with E-state index in [2.05, 4.69) is 28.6 Å². The summed E-state index contributed by atoms with van der Waals surface area (Å²) in [6.45, 7) is 0. The molecule has 0 saturated heterocycles. The third-order valence-electron chi connectivity index (χ3n) is 3.81. The van der Waals surface area contributed by atoms with Gasteiger partial charge in [-0.15, -0.1) is 0 Å². The van der Waals surface area contributed by atoms with Gasteiger partial charge >= 0.3 is 11.9 Å². The van der Waals surface area contributed by atoms with Crippen LogP contribution in [0, 0.1) is 0 Å². The summed E-state index contributed by atoms with van der Waals surface area (Å²) >= 11 is 5.28. The minimum atomic E-state index is -1.61. The van der Waals surface area contributed by atoms with Crippen LogP contribution in [-0.4, -0.2) is 87.7 Å². The number of carbonyl (C=O) groups excluding carboxylic acids is 4. The molecule has 0 bridgehead atoms. The molecule has 0 heterocycles. The van der Waals surface area contributed by atoms with E-state index in [1.807, 2.05) is 0 Å². The van der Waals surface area contributed by atoms with E-state index in [1.54, 1.807) is 6.26 Å². The Labute approximate surface area is 187 Å². The Hall–Kier alpha value is -2.52. The van der Waals surface area contributed by atoms with Crippen molar-refractivity contribution in [3.05, 3.63) is 0 Å². The molecule has 0 aliphatic rings. The molecular weight excluding hydrogens is 454 g/mol. The molecule has 0 aromatic heterocycles. The summed E-state index contributed by atoms with van der Waals surface area (Å²) in [5.74, 6) is -6.23. The van der Waals surface area contributed by atoms with Crippen molar-refractivity contribution in [3.8, 4) is 0 Å². The van der Waals surface area contributed by atoms with Gasteiger partial charge in [0.25, 0.3) is 0 Å². The highest BCUT2D eigenvalue weighted by molar-refractivity contribution is 7.98. The maximum Gasteiger partial charge on any atom is 0.326 e. The van der Waals surface area contributed by atoms with E-state index in [-0.39, 0.29) is 12.2 Å². The molecule has 0 aromatic carbocycles. The minimum absolute atomic E-state index is 0.0864. The van der Waals surface area contributed by atoms with Gasteiger partial charge in [-0.3, -0.25) is 24.0 Å². The molecule has 31 heavy (non-hydrogen) atoms. The molecule has 9 N–H and O–H groups in total. The Bertz CT molecular complexity index is 693. The van der Waals surface area contributed by atoms with Gasteiger partial charge in [-0.25, -0.2) is 4.79 Å². The highest BCUT2D eigenvalue weighted by Crippen LogP contribution is 2.04. The highest BCUT2D eigenvalue weighted by atomic mass is 32.2. The van der Waals surface area contributed by atoms with Crippen LogP contribution in [0.3, 0.4) is 0 Å². The Balaban J connectivity index is 5.25. The molecule has 0 rings (SSSR count). The van der Waals surface area contributed by atoms with Crippen molar-refractivity contribution in [2.75, 3.05) is 17.8 Å². The number of carboxylic acid groups (broad SMARTS) is 2. The SMILES string of the molecule is CSCCC(NC(=O)C(CC(=O)O)NC(=O)C(CS)NC(=O)C(N)CC(N)=O)C(=O)O. The van der Waals surface area contributed by atoms with Crippen LogP contribution in [0.4, 0.5) is 0 Å². The second-order valence-corrected chi connectivity index (χ2v) is 7.71. The van der Waals surface area contributed by atoms with Crippen molar-refractivity contribution < 1.29 is 39.0 Å². The molecule has 0 fully saturated rings. The van der Waals surface area contributed by atoms with E-state index in [0.717, 1.165) is 0 Å². The maximum absolute atomic E-state index is 12.4. The molecule has 0 saturated carbocycles. The molecule has 0 spiro atoms. The molecule has 4 atom stereocenters. The number of carboxylic acids is 2. The summed E-state index contributed by atoms with van der Waals surface area (Å²) in [5, 5.41) is 24.8. The lowest BCUT2D eigenvalue weighted by Gasteiger charge is -2.23. The van der Waals surface area contributed by atoms with Gasteiger partial charge in [-0.2, -0.15) is 24.4 Å². The molecule has 176 valence electrons. The van der Waals surface area contributed by atoms with Crippen molar-refractivity contribution in [1.82, 2.24) is 16.0 Å².